The maximum absolute atomic E-state index is 11.0. The minimum absolute atomic E-state index is 0.240. The fourth-order valence-corrected chi connectivity index (χ4v) is 2.73. The van der Waals surface area contributed by atoms with Gasteiger partial charge in [0.15, 0.2) is 10.7 Å². The lowest BCUT2D eigenvalue weighted by Gasteiger charge is -2.06. The standard InChI is InChI=1S/C15H10ClNO2S/c16-13-9-15(10-4-2-1-3-5-10)17-14-7-6-11(20(18)19)8-12(13)14/h1-9,20H. The quantitative estimate of drug-likeness (QED) is 0.737. The van der Waals surface area contributed by atoms with Gasteiger partial charge in [-0.3, -0.25) is 0 Å². The van der Waals surface area contributed by atoms with E-state index < -0.39 is 10.7 Å². The van der Waals surface area contributed by atoms with E-state index in [2.05, 4.69) is 4.98 Å². The summed E-state index contributed by atoms with van der Waals surface area (Å²) in [7, 11) is -2.62. The Bertz CT molecular complexity index is 852. The van der Waals surface area contributed by atoms with Crippen molar-refractivity contribution in [3.05, 3.63) is 59.6 Å². The number of benzene rings is 2. The van der Waals surface area contributed by atoms with Crippen molar-refractivity contribution in [3.63, 3.8) is 0 Å². The van der Waals surface area contributed by atoms with Gasteiger partial charge in [0.2, 0.25) is 0 Å². The Morgan fingerprint density at radius 3 is 2.40 bits per heavy atom. The maximum Gasteiger partial charge on any atom is 0.168 e. The van der Waals surface area contributed by atoms with Crippen molar-refractivity contribution >= 4 is 33.2 Å². The van der Waals surface area contributed by atoms with Gasteiger partial charge in [-0.15, -0.1) is 0 Å². The number of thiol groups is 1. The predicted octanol–water partition coefficient (Wildman–Crippen LogP) is 3.53. The molecule has 0 aliphatic rings. The first-order valence-electron chi connectivity index (χ1n) is 5.95. The molecule has 20 heavy (non-hydrogen) atoms. The van der Waals surface area contributed by atoms with Crippen LogP contribution in [0.4, 0.5) is 0 Å². The highest BCUT2D eigenvalue weighted by atomic mass is 35.5. The van der Waals surface area contributed by atoms with Gasteiger partial charge >= 0.3 is 0 Å². The number of hydrogen-bond acceptors (Lipinski definition) is 3. The minimum Gasteiger partial charge on any atom is -0.248 e. The van der Waals surface area contributed by atoms with E-state index in [4.69, 9.17) is 11.6 Å². The summed E-state index contributed by atoms with van der Waals surface area (Å²) in [5.41, 5.74) is 2.41. The Hall–Kier alpha value is -1.91. The minimum atomic E-state index is -2.62. The van der Waals surface area contributed by atoms with Gasteiger partial charge in [0, 0.05) is 10.9 Å². The van der Waals surface area contributed by atoms with E-state index in [1.54, 1.807) is 18.2 Å². The monoisotopic (exact) mass is 303 g/mol. The van der Waals surface area contributed by atoms with Crippen LogP contribution in [0, 0.1) is 0 Å². The molecule has 3 aromatic rings. The lowest BCUT2D eigenvalue weighted by atomic mass is 10.1. The SMILES string of the molecule is O=[SH](=O)c1ccc2nc(-c3ccccc3)cc(Cl)c2c1. The summed E-state index contributed by atoms with van der Waals surface area (Å²) in [5.74, 6) is 0. The molecule has 0 spiro atoms. The fraction of sp³-hybridized carbons (Fsp3) is 0. The topological polar surface area (TPSA) is 47.0 Å². The van der Waals surface area contributed by atoms with Crippen LogP contribution >= 0.6 is 11.6 Å². The second kappa shape index (κ2) is 5.23. The van der Waals surface area contributed by atoms with Crippen LogP contribution in [-0.4, -0.2) is 13.4 Å². The predicted molar refractivity (Wildman–Crippen MR) is 80.8 cm³/mol. The molecule has 0 fully saturated rings. The Morgan fingerprint density at radius 1 is 0.950 bits per heavy atom. The zero-order valence-electron chi connectivity index (χ0n) is 10.3. The molecular formula is C15H10ClNO2S. The third-order valence-electron chi connectivity index (χ3n) is 3.02. The number of fused-ring (bicyclic) bond motifs is 1. The van der Waals surface area contributed by atoms with Crippen molar-refractivity contribution in [2.24, 2.45) is 0 Å². The van der Waals surface area contributed by atoms with E-state index in [1.807, 2.05) is 30.3 Å². The molecule has 0 saturated carbocycles. The molecule has 1 aromatic heterocycles. The molecule has 0 amide bonds. The number of halogens is 1. The summed E-state index contributed by atoms with van der Waals surface area (Å²) < 4.78 is 22.0. The summed E-state index contributed by atoms with van der Waals surface area (Å²) in [6.07, 6.45) is 0. The Labute approximate surface area is 122 Å². The molecule has 1 heterocycles. The molecule has 0 aliphatic carbocycles. The number of aromatic nitrogens is 1. The van der Waals surface area contributed by atoms with Gasteiger partial charge in [0.05, 0.1) is 21.1 Å². The molecule has 3 nitrogen and oxygen atoms in total. The van der Waals surface area contributed by atoms with Crippen molar-refractivity contribution in [1.29, 1.82) is 0 Å². The van der Waals surface area contributed by atoms with E-state index >= 15 is 0 Å². The van der Waals surface area contributed by atoms with Gasteiger partial charge in [-0.25, -0.2) is 13.4 Å². The van der Waals surface area contributed by atoms with E-state index in [1.165, 1.54) is 6.07 Å². The molecule has 3 rings (SSSR count). The van der Waals surface area contributed by atoms with Gasteiger partial charge in [-0.2, -0.15) is 0 Å². The highest BCUT2D eigenvalue weighted by Gasteiger charge is 2.07. The molecule has 0 atom stereocenters. The van der Waals surface area contributed by atoms with E-state index in [9.17, 15) is 8.42 Å². The summed E-state index contributed by atoms with van der Waals surface area (Å²) in [6.45, 7) is 0. The second-order valence-electron chi connectivity index (χ2n) is 4.31. The second-order valence-corrected chi connectivity index (χ2v) is 5.75. The smallest absolute Gasteiger partial charge is 0.168 e. The summed E-state index contributed by atoms with van der Waals surface area (Å²) in [4.78, 5) is 4.76. The first kappa shape index (κ1) is 13.1. The van der Waals surface area contributed by atoms with Crippen molar-refractivity contribution < 1.29 is 8.42 Å². The van der Waals surface area contributed by atoms with Crippen LogP contribution in [0.15, 0.2) is 59.5 Å². The van der Waals surface area contributed by atoms with E-state index in [-0.39, 0.29) is 4.90 Å². The van der Waals surface area contributed by atoms with Crippen molar-refractivity contribution in [1.82, 2.24) is 4.98 Å². The van der Waals surface area contributed by atoms with Crippen LogP contribution in [0.3, 0.4) is 0 Å². The Morgan fingerprint density at radius 2 is 1.70 bits per heavy atom. The highest BCUT2D eigenvalue weighted by Crippen LogP contribution is 2.28. The molecule has 0 unspecified atom stereocenters. The molecule has 0 radical (unpaired) electrons. The number of hydrogen-bond donors (Lipinski definition) is 1. The zero-order valence-corrected chi connectivity index (χ0v) is 11.9. The molecular weight excluding hydrogens is 294 g/mol. The first-order valence-corrected chi connectivity index (χ1v) is 7.51. The van der Waals surface area contributed by atoms with Crippen molar-refractivity contribution in [2.45, 2.75) is 4.90 Å². The fourth-order valence-electron chi connectivity index (χ4n) is 2.04. The number of pyridine rings is 1. The first-order chi connectivity index (χ1) is 9.65. The Kier molecular flexibility index (Phi) is 3.42. The van der Waals surface area contributed by atoms with Crippen molar-refractivity contribution in [2.75, 3.05) is 0 Å². The highest BCUT2D eigenvalue weighted by molar-refractivity contribution is 7.72. The normalized spacial score (nSPS) is 11.1. The average Bonchev–Trinajstić information content (AvgIpc) is 2.47. The zero-order chi connectivity index (χ0) is 14.1. The molecule has 100 valence electrons. The van der Waals surface area contributed by atoms with E-state index in [0.29, 0.717) is 15.9 Å². The molecule has 0 aliphatic heterocycles. The Balaban J connectivity index is 2.23. The third-order valence-corrected chi connectivity index (χ3v) is 4.03. The van der Waals surface area contributed by atoms with E-state index in [0.717, 1.165) is 11.3 Å². The van der Waals surface area contributed by atoms with Gasteiger partial charge in [-0.1, -0.05) is 41.9 Å². The lowest BCUT2D eigenvalue weighted by Crippen LogP contribution is -1.88. The summed E-state index contributed by atoms with van der Waals surface area (Å²) >= 11 is 6.25. The van der Waals surface area contributed by atoms with Crippen LogP contribution in [-0.2, 0) is 10.7 Å². The number of rotatable bonds is 2. The van der Waals surface area contributed by atoms with Crippen LogP contribution in [0.2, 0.25) is 5.02 Å². The molecule has 0 bridgehead atoms. The average molecular weight is 304 g/mol. The van der Waals surface area contributed by atoms with Crippen LogP contribution in [0.25, 0.3) is 22.2 Å². The van der Waals surface area contributed by atoms with Gasteiger partial charge in [0.1, 0.15) is 0 Å². The maximum atomic E-state index is 11.0. The van der Waals surface area contributed by atoms with Crippen LogP contribution < -0.4 is 0 Å². The van der Waals surface area contributed by atoms with Gasteiger partial charge in [0.25, 0.3) is 0 Å². The third kappa shape index (κ3) is 2.40. The molecule has 0 N–H and O–H groups in total. The molecule has 0 saturated heterocycles. The van der Waals surface area contributed by atoms with Crippen LogP contribution in [0.1, 0.15) is 0 Å². The summed E-state index contributed by atoms with van der Waals surface area (Å²) in [5, 5.41) is 1.13. The largest absolute Gasteiger partial charge is 0.248 e. The van der Waals surface area contributed by atoms with Crippen LogP contribution in [0.5, 0.6) is 0 Å². The molecule has 5 heteroatoms. The summed E-state index contributed by atoms with van der Waals surface area (Å²) in [6, 6.07) is 16.2. The lowest BCUT2D eigenvalue weighted by molar-refractivity contribution is 0.614. The van der Waals surface area contributed by atoms with Gasteiger partial charge in [-0.05, 0) is 24.3 Å². The van der Waals surface area contributed by atoms with Gasteiger partial charge < -0.3 is 0 Å². The molecule has 2 aromatic carbocycles. The number of nitrogens with zero attached hydrogens (tertiary/aromatic N) is 1. The van der Waals surface area contributed by atoms with Crippen molar-refractivity contribution in [3.8, 4) is 11.3 Å².